The van der Waals surface area contributed by atoms with Gasteiger partial charge in [0, 0.05) is 18.2 Å². The molecule has 1 atom stereocenters. The Morgan fingerprint density at radius 2 is 1.63 bits per heavy atom. The highest BCUT2D eigenvalue weighted by molar-refractivity contribution is 5.95. The third-order valence-electron chi connectivity index (χ3n) is 4.13. The molecule has 1 amide bonds. The zero-order valence-corrected chi connectivity index (χ0v) is 15.5. The second-order valence-corrected chi connectivity index (χ2v) is 5.86. The number of para-hydroxylation sites is 1. The summed E-state index contributed by atoms with van der Waals surface area (Å²) >= 11 is 0. The number of hydrogen-bond acceptors (Lipinski definition) is 5. The van der Waals surface area contributed by atoms with E-state index in [0.717, 1.165) is 5.56 Å². The molecule has 0 heterocycles. The summed E-state index contributed by atoms with van der Waals surface area (Å²) in [7, 11) is 4.51. The van der Waals surface area contributed by atoms with Gasteiger partial charge in [-0.3, -0.25) is 9.59 Å². The normalized spacial score (nSPS) is 11.4. The van der Waals surface area contributed by atoms with E-state index in [1.165, 1.54) is 21.3 Å². The Labute approximate surface area is 157 Å². The number of hydrogen-bond donors (Lipinski definition) is 2. The van der Waals surface area contributed by atoms with Crippen LogP contribution in [0.5, 0.6) is 17.2 Å². The first kappa shape index (κ1) is 20.1. The summed E-state index contributed by atoms with van der Waals surface area (Å²) in [6.07, 6.45) is 0.237. The molecule has 0 saturated heterocycles. The summed E-state index contributed by atoms with van der Waals surface area (Å²) < 4.78 is 15.6. The van der Waals surface area contributed by atoms with E-state index in [-0.39, 0.29) is 13.0 Å². The second kappa shape index (κ2) is 9.47. The number of methoxy groups -OCH3 is 3. The van der Waals surface area contributed by atoms with Crippen LogP contribution in [-0.4, -0.2) is 44.9 Å². The molecule has 2 aromatic carbocycles. The Hall–Kier alpha value is -3.22. The van der Waals surface area contributed by atoms with Gasteiger partial charge in [0.25, 0.3) is 5.91 Å². The molecule has 1 unspecified atom stereocenters. The number of carbonyl (C=O) groups excluding carboxylic acids is 1. The lowest BCUT2D eigenvalue weighted by molar-refractivity contribution is -0.141. The Morgan fingerprint density at radius 1 is 1.00 bits per heavy atom. The van der Waals surface area contributed by atoms with E-state index in [4.69, 9.17) is 14.2 Å². The quantitative estimate of drug-likeness (QED) is 0.701. The zero-order valence-electron chi connectivity index (χ0n) is 15.5. The lowest BCUT2D eigenvalue weighted by Crippen LogP contribution is -2.34. The standard InChI is InChI=1S/C20H23NO6/c1-25-16-9-14(10-17(11-16)26-2)19(22)21-12-15(20(23)24)8-13-6-4-5-7-18(13)27-3/h4-7,9-11,15H,8,12H2,1-3H3,(H,21,22)(H,23,24). The first-order valence-corrected chi connectivity index (χ1v) is 8.34. The van der Waals surface area contributed by atoms with E-state index in [0.29, 0.717) is 22.8 Å². The van der Waals surface area contributed by atoms with Gasteiger partial charge in [-0.25, -0.2) is 0 Å². The molecule has 0 aromatic heterocycles. The molecular weight excluding hydrogens is 350 g/mol. The summed E-state index contributed by atoms with van der Waals surface area (Å²) in [5, 5.41) is 12.2. The fraction of sp³-hybridized carbons (Fsp3) is 0.300. The number of ether oxygens (including phenoxy) is 3. The minimum absolute atomic E-state index is 0.0221. The Balaban J connectivity index is 2.09. The average Bonchev–Trinajstić information content (AvgIpc) is 2.70. The van der Waals surface area contributed by atoms with Crippen molar-refractivity contribution in [3.05, 3.63) is 53.6 Å². The number of carbonyl (C=O) groups is 2. The van der Waals surface area contributed by atoms with Crippen LogP contribution < -0.4 is 19.5 Å². The van der Waals surface area contributed by atoms with Crippen molar-refractivity contribution >= 4 is 11.9 Å². The molecule has 2 N–H and O–H groups in total. The summed E-state index contributed by atoms with van der Waals surface area (Å²) in [5.74, 6) is -0.625. The van der Waals surface area contributed by atoms with Crippen LogP contribution in [0.25, 0.3) is 0 Å². The Bertz CT molecular complexity index is 783. The molecule has 0 fully saturated rings. The van der Waals surface area contributed by atoms with Gasteiger partial charge in [-0.1, -0.05) is 18.2 Å². The number of amides is 1. The number of carboxylic acids is 1. The van der Waals surface area contributed by atoms with Gasteiger partial charge in [0.05, 0.1) is 27.2 Å². The zero-order chi connectivity index (χ0) is 19.8. The first-order chi connectivity index (χ1) is 13.0. The monoisotopic (exact) mass is 373 g/mol. The molecule has 0 saturated carbocycles. The molecule has 7 heteroatoms. The van der Waals surface area contributed by atoms with Gasteiger partial charge in [0.2, 0.25) is 0 Å². The van der Waals surface area contributed by atoms with Crippen LogP contribution in [0.2, 0.25) is 0 Å². The van der Waals surface area contributed by atoms with Gasteiger partial charge >= 0.3 is 5.97 Å². The van der Waals surface area contributed by atoms with Crippen molar-refractivity contribution in [1.82, 2.24) is 5.32 Å². The van der Waals surface area contributed by atoms with Crippen molar-refractivity contribution in [2.45, 2.75) is 6.42 Å². The van der Waals surface area contributed by atoms with Crippen LogP contribution >= 0.6 is 0 Å². The molecule has 2 aromatic rings. The van der Waals surface area contributed by atoms with Crippen molar-refractivity contribution in [3.63, 3.8) is 0 Å². The van der Waals surface area contributed by atoms with Crippen LogP contribution in [0.4, 0.5) is 0 Å². The fourth-order valence-corrected chi connectivity index (χ4v) is 2.64. The Morgan fingerprint density at radius 3 is 2.19 bits per heavy atom. The molecule has 0 spiro atoms. The molecule has 0 aliphatic heterocycles. The van der Waals surface area contributed by atoms with Crippen molar-refractivity contribution < 1.29 is 28.9 Å². The highest BCUT2D eigenvalue weighted by Crippen LogP contribution is 2.23. The molecule has 2 rings (SSSR count). The molecule has 0 aliphatic carbocycles. The Kier molecular flexibility index (Phi) is 7.05. The number of rotatable bonds is 9. The summed E-state index contributed by atoms with van der Waals surface area (Å²) in [6, 6.07) is 12.0. The third-order valence-corrected chi connectivity index (χ3v) is 4.13. The summed E-state index contributed by atoms with van der Waals surface area (Å²) in [6.45, 7) is -0.0221. The van der Waals surface area contributed by atoms with Crippen molar-refractivity contribution in [1.29, 1.82) is 0 Å². The number of benzene rings is 2. The second-order valence-electron chi connectivity index (χ2n) is 5.86. The lowest BCUT2D eigenvalue weighted by Gasteiger charge is -2.16. The largest absolute Gasteiger partial charge is 0.497 e. The van der Waals surface area contributed by atoms with Gasteiger partial charge < -0.3 is 24.6 Å². The van der Waals surface area contributed by atoms with E-state index < -0.39 is 17.8 Å². The molecule has 0 bridgehead atoms. The van der Waals surface area contributed by atoms with E-state index in [1.54, 1.807) is 24.3 Å². The van der Waals surface area contributed by atoms with Gasteiger partial charge in [-0.15, -0.1) is 0 Å². The third kappa shape index (κ3) is 5.37. The maximum Gasteiger partial charge on any atom is 0.308 e. The number of nitrogens with one attached hydrogen (secondary N) is 1. The van der Waals surface area contributed by atoms with Crippen LogP contribution in [0, 0.1) is 5.92 Å². The molecule has 27 heavy (non-hydrogen) atoms. The van der Waals surface area contributed by atoms with E-state index >= 15 is 0 Å². The van der Waals surface area contributed by atoms with Gasteiger partial charge in [-0.05, 0) is 30.2 Å². The van der Waals surface area contributed by atoms with Crippen LogP contribution in [0.3, 0.4) is 0 Å². The molecule has 0 radical (unpaired) electrons. The van der Waals surface area contributed by atoms with Crippen LogP contribution in [0.15, 0.2) is 42.5 Å². The maximum atomic E-state index is 12.4. The van der Waals surface area contributed by atoms with Crippen molar-refractivity contribution in [2.75, 3.05) is 27.9 Å². The minimum Gasteiger partial charge on any atom is -0.497 e. The SMILES string of the molecule is COc1cc(OC)cc(C(=O)NCC(Cc2ccccc2OC)C(=O)O)c1. The van der Waals surface area contributed by atoms with Crippen LogP contribution in [0.1, 0.15) is 15.9 Å². The van der Waals surface area contributed by atoms with Crippen molar-refractivity contribution in [3.8, 4) is 17.2 Å². The highest BCUT2D eigenvalue weighted by atomic mass is 16.5. The predicted molar refractivity (Wildman–Crippen MR) is 99.7 cm³/mol. The smallest absolute Gasteiger partial charge is 0.308 e. The number of carboxylic acid groups (broad SMARTS) is 1. The molecule has 144 valence electrons. The topological polar surface area (TPSA) is 94.1 Å². The van der Waals surface area contributed by atoms with Crippen molar-refractivity contribution in [2.24, 2.45) is 5.92 Å². The van der Waals surface area contributed by atoms with Gasteiger partial charge in [0.1, 0.15) is 17.2 Å². The highest BCUT2D eigenvalue weighted by Gasteiger charge is 2.21. The summed E-state index contributed by atoms with van der Waals surface area (Å²) in [5.41, 5.74) is 1.09. The molecule has 7 nitrogen and oxygen atoms in total. The van der Waals surface area contributed by atoms with E-state index in [1.807, 2.05) is 18.2 Å². The average molecular weight is 373 g/mol. The molecular formula is C20H23NO6. The van der Waals surface area contributed by atoms with E-state index in [2.05, 4.69) is 5.32 Å². The minimum atomic E-state index is -0.996. The number of aliphatic carboxylic acids is 1. The maximum absolute atomic E-state index is 12.4. The van der Waals surface area contributed by atoms with Gasteiger partial charge in [-0.2, -0.15) is 0 Å². The fourth-order valence-electron chi connectivity index (χ4n) is 2.64. The lowest BCUT2D eigenvalue weighted by atomic mass is 9.98. The van der Waals surface area contributed by atoms with Gasteiger partial charge in [0.15, 0.2) is 0 Å². The summed E-state index contributed by atoms with van der Waals surface area (Å²) in [4.78, 5) is 24.1. The first-order valence-electron chi connectivity index (χ1n) is 8.34. The molecule has 0 aliphatic rings. The van der Waals surface area contributed by atoms with Crippen LogP contribution in [-0.2, 0) is 11.2 Å². The predicted octanol–water partition coefficient (Wildman–Crippen LogP) is 2.39. The van der Waals surface area contributed by atoms with E-state index in [9.17, 15) is 14.7 Å².